The summed E-state index contributed by atoms with van der Waals surface area (Å²) in [6.45, 7) is 0.747. The molecule has 0 spiro atoms. The number of thioether (sulfide) groups is 1. The minimum absolute atomic E-state index is 0.110. The van der Waals surface area contributed by atoms with Crippen molar-refractivity contribution < 1.29 is 26.7 Å². The van der Waals surface area contributed by atoms with E-state index in [9.17, 15) is 26.7 Å². The second-order valence-electron chi connectivity index (χ2n) is 5.40. The van der Waals surface area contributed by atoms with E-state index in [1.807, 2.05) is 0 Å². The highest BCUT2D eigenvalue weighted by molar-refractivity contribution is 8.14. The number of benzene rings is 1. The number of carbonyl (C=O) groups excluding carboxylic acids is 1. The highest BCUT2D eigenvalue weighted by Crippen LogP contribution is 2.26. The van der Waals surface area contributed by atoms with Gasteiger partial charge in [0.15, 0.2) is 28.4 Å². The zero-order valence-corrected chi connectivity index (χ0v) is 14.9. The average Bonchev–Trinajstić information content (AvgIpc) is 3.07. The molecule has 142 valence electrons. The van der Waals surface area contributed by atoms with E-state index in [2.05, 4.69) is 9.98 Å². The fourth-order valence-corrected chi connectivity index (χ4v) is 3.43. The van der Waals surface area contributed by atoms with Crippen molar-refractivity contribution >= 4 is 34.4 Å². The van der Waals surface area contributed by atoms with Gasteiger partial charge in [-0.15, -0.1) is 0 Å². The first-order chi connectivity index (χ1) is 12.8. The Morgan fingerprint density at radius 1 is 1.11 bits per heavy atom. The van der Waals surface area contributed by atoms with Gasteiger partial charge in [-0.3, -0.25) is 4.79 Å². The summed E-state index contributed by atoms with van der Waals surface area (Å²) in [5, 5.41) is 0.406. The Labute approximate surface area is 159 Å². The van der Waals surface area contributed by atoms with E-state index in [4.69, 9.17) is 11.6 Å². The number of nitrogens with zero attached hydrogens (tertiary/aromatic N) is 3. The molecule has 1 aromatic carbocycles. The van der Waals surface area contributed by atoms with Crippen LogP contribution in [0.2, 0.25) is 5.15 Å². The summed E-state index contributed by atoms with van der Waals surface area (Å²) in [5.41, 5.74) is -0.849. The molecular weight excluding hydrogens is 413 g/mol. The SMILES string of the molecule is O=C(N=C1SCCN1Cc1ccc(Cl)nc1)c1c(F)c(F)c(F)c(F)c1F. The highest BCUT2D eigenvalue weighted by Gasteiger charge is 2.31. The number of carbonyl (C=O) groups is 1. The van der Waals surface area contributed by atoms with E-state index < -0.39 is 40.6 Å². The molecule has 0 saturated carbocycles. The maximum absolute atomic E-state index is 13.8. The summed E-state index contributed by atoms with van der Waals surface area (Å²) in [4.78, 5) is 21.2. The molecule has 2 heterocycles. The van der Waals surface area contributed by atoms with Gasteiger partial charge in [0.2, 0.25) is 5.82 Å². The lowest BCUT2D eigenvalue weighted by molar-refractivity contribution is 0.0990. The van der Waals surface area contributed by atoms with E-state index in [1.165, 1.54) is 6.20 Å². The van der Waals surface area contributed by atoms with Gasteiger partial charge in [-0.05, 0) is 11.6 Å². The minimum atomic E-state index is -2.33. The van der Waals surface area contributed by atoms with Gasteiger partial charge >= 0.3 is 0 Å². The second kappa shape index (κ2) is 7.81. The van der Waals surface area contributed by atoms with Gasteiger partial charge in [-0.1, -0.05) is 29.4 Å². The van der Waals surface area contributed by atoms with Crippen LogP contribution < -0.4 is 0 Å². The molecule has 11 heteroatoms. The summed E-state index contributed by atoms with van der Waals surface area (Å²) >= 11 is 6.83. The van der Waals surface area contributed by atoms with Crippen molar-refractivity contribution in [3.05, 3.63) is 63.7 Å². The Hall–Kier alpha value is -2.20. The number of amides is 1. The molecule has 0 radical (unpaired) electrons. The highest BCUT2D eigenvalue weighted by atomic mass is 35.5. The summed E-state index contributed by atoms with van der Waals surface area (Å²) < 4.78 is 67.2. The molecule has 0 atom stereocenters. The third-order valence-electron chi connectivity index (χ3n) is 3.65. The smallest absolute Gasteiger partial charge is 0.285 e. The topological polar surface area (TPSA) is 45.6 Å². The molecule has 0 unspecified atom stereocenters. The number of amidine groups is 1. The zero-order valence-electron chi connectivity index (χ0n) is 13.3. The minimum Gasteiger partial charge on any atom is -0.346 e. The van der Waals surface area contributed by atoms with Gasteiger partial charge in [0.25, 0.3) is 5.91 Å². The first-order valence-corrected chi connectivity index (χ1v) is 8.78. The molecule has 1 aliphatic heterocycles. The van der Waals surface area contributed by atoms with Crippen molar-refractivity contribution in [1.29, 1.82) is 0 Å². The van der Waals surface area contributed by atoms with Crippen molar-refractivity contribution in [3.8, 4) is 0 Å². The van der Waals surface area contributed by atoms with Crippen molar-refractivity contribution in [2.24, 2.45) is 4.99 Å². The standard InChI is InChI=1S/C16H9ClF5N3OS/c17-8-2-1-7(5-23-8)6-25-3-4-27-16(25)24-15(26)9-10(18)12(20)14(22)13(21)11(9)19/h1-2,5H,3-4,6H2. The maximum Gasteiger partial charge on any atom is 0.285 e. The first kappa shape index (κ1) is 19.6. The summed E-state index contributed by atoms with van der Waals surface area (Å²) in [5.74, 6) is -12.2. The van der Waals surface area contributed by atoms with Gasteiger partial charge in [-0.25, -0.2) is 26.9 Å². The van der Waals surface area contributed by atoms with Crippen LogP contribution >= 0.6 is 23.4 Å². The quantitative estimate of drug-likeness (QED) is 0.323. The number of halogens is 6. The average molecular weight is 422 g/mol. The van der Waals surface area contributed by atoms with E-state index in [0.717, 1.165) is 17.3 Å². The second-order valence-corrected chi connectivity index (χ2v) is 6.85. The van der Waals surface area contributed by atoms with Crippen LogP contribution in [-0.4, -0.2) is 33.3 Å². The maximum atomic E-state index is 13.8. The predicted molar refractivity (Wildman–Crippen MR) is 90.1 cm³/mol. The summed E-state index contributed by atoms with van der Waals surface area (Å²) in [7, 11) is 0. The van der Waals surface area contributed by atoms with Crippen molar-refractivity contribution in [2.75, 3.05) is 12.3 Å². The number of aliphatic imine (C=N–C) groups is 1. The van der Waals surface area contributed by atoms with E-state index in [0.29, 0.717) is 17.5 Å². The lowest BCUT2D eigenvalue weighted by atomic mass is 10.1. The first-order valence-electron chi connectivity index (χ1n) is 7.42. The van der Waals surface area contributed by atoms with Crippen molar-refractivity contribution in [2.45, 2.75) is 6.54 Å². The van der Waals surface area contributed by atoms with Crippen LogP contribution in [0, 0.1) is 29.1 Å². The van der Waals surface area contributed by atoms with Gasteiger partial charge in [0.05, 0.1) is 0 Å². The van der Waals surface area contributed by atoms with Crippen LogP contribution in [0.4, 0.5) is 22.0 Å². The van der Waals surface area contributed by atoms with E-state index in [1.54, 1.807) is 17.0 Å². The number of pyridine rings is 1. The van der Waals surface area contributed by atoms with Crippen molar-refractivity contribution in [1.82, 2.24) is 9.88 Å². The monoisotopic (exact) mass is 421 g/mol. The van der Waals surface area contributed by atoms with Gasteiger partial charge in [0.1, 0.15) is 10.7 Å². The normalized spacial score (nSPS) is 15.6. The molecule has 0 aliphatic carbocycles. The Bertz CT molecular complexity index is 910. The number of hydrogen-bond donors (Lipinski definition) is 0. The molecule has 1 saturated heterocycles. The molecule has 4 nitrogen and oxygen atoms in total. The Morgan fingerprint density at radius 2 is 1.74 bits per heavy atom. The van der Waals surface area contributed by atoms with Crippen LogP contribution in [0.25, 0.3) is 0 Å². The molecule has 0 bridgehead atoms. The molecule has 1 aromatic heterocycles. The summed E-state index contributed by atoms with van der Waals surface area (Å²) in [6.07, 6.45) is 1.51. The molecule has 1 aliphatic rings. The fraction of sp³-hybridized carbons (Fsp3) is 0.188. The lowest BCUT2D eigenvalue weighted by Gasteiger charge is -2.17. The lowest BCUT2D eigenvalue weighted by Crippen LogP contribution is -2.25. The van der Waals surface area contributed by atoms with Crippen LogP contribution in [0.3, 0.4) is 0 Å². The van der Waals surface area contributed by atoms with Gasteiger partial charge in [-0.2, -0.15) is 4.99 Å². The predicted octanol–water partition coefficient (Wildman–Crippen LogP) is 4.18. The number of rotatable bonds is 3. The Kier molecular flexibility index (Phi) is 5.66. The molecule has 1 fully saturated rings. The number of hydrogen-bond acceptors (Lipinski definition) is 3. The van der Waals surface area contributed by atoms with E-state index >= 15 is 0 Å². The molecule has 0 N–H and O–H groups in total. The Morgan fingerprint density at radius 3 is 2.33 bits per heavy atom. The zero-order chi connectivity index (χ0) is 19.7. The van der Waals surface area contributed by atoms with Gasteiger partial charge < -0.3 is 4.90 Å². The van der Waals surface area contributed by atoms with Crippen LogP contribution in [-0.2, 0) is 6.54 Å². The Balaban J connectivity index is 1.89. The molecule has 1 amide bonds. The molecule has 27 heavy (non-hydrogen) atoms. The molecule has 3 rings (SSSR count). The molecular formula is C16H9ClF5N3OS. The molecule has 2 aromatic rings. The number of aromatic nitrogens is 1. The summed E-state index contributed by atoms with van der Waals surface area (Å²) in [6, 6.07) is 3.26. The fourth-order valence-electron chi connectivity index (χ4n) is 2.34. The largest absolute Gasteiger partial charge is 0.346 e. The van der Waals surface area contributed by atoms with Crippen LogP contribution in [0.1, 0.15) is 15.9 Å². The third kappa shape index (κ3) is 3.91. The van der Waals surface area contributed by atoms with Crippen LogP contribution in [0.15, 0.2) is 23.3 Å². The van der Waals surface area contributed by atoms with Crippen molar-refractivity contribution in [3.63, 3.8) is 0 Å². The third-order valence-corrected chi connectivity index (χ3v) is 4.86. The van der Waals surface area contributed by atoms with E-state index in [-0.39, 0.29) is 11.7 Å². The van der Waals surface area contributed by atoms with Gasteiger partial charge in [0, 0.05) is 25.0 Å². The van der Waals surface area contributed by atoms with Crippen LogP contribution in [0.5, 0.6) is 0 Å².